The largest absolute Gasteiger partial charge is 0.0845 e. The summed E-state index contributed by atoms with van der Waals surface area (Å²) >= 11 is 0. The summed E-state index contributed by atoms with van der Waals surface area (Å²) in [4.78, 5) is 0. The van der Waals surface area contributed by atoms with Crippen molar-refractivity contribution >= 4 is 0 Å². The van der Waals surface area contributed by atoms with Gasteiger partial charge in [-0.25, -0.2) is 0 Å². The van der Waals surface area contributed by atoms with Crippen molar-refractivity contribution in [2.75, 3.05) is 0 Å². The number of rotatable bonds is 0. The van der Waals surface area contributed by atoms with Gasteiger partial charge in [-0.15, -0.1) is 0 Å². The smallest absolute Gasteiger partial charge is 0.0345 e. The van der Waals surface area contributed by atoms with Gasteiger partial charge in [0.15, 0.2) is 0 Å². The van der Waals surface area contributed by atoms with E-state index in [2.05, 4.69) is 48.6 Å². The summed E-state index contributed by atoms with van der Waals surface area (Å²) in [6, 6.07) is 0. The molecule has 1 rings (SSSR count). The van der Waals surface area contributed by atoms with Crippen LogP contribution in [0.15, 0.2) is 48.6 Å². The molecule has 0 aromatic carbocycles. The molecule has 0 aliphatic heterocycles. The Hall–Kier alpha value is -1.04. The summed E-state index contributed by atoms with van der Waals surface area (Å²) in [5.41, 5.74) is 0. The second kappa shape index (κ2) is 8.55. The quantitative estimate of drug-likeness (QED) is 0.522. The Labute approximate surface area is 87.7 Å². The van der Waals surface area contributed by atoms with Crippen LogP contribution in [-0.2, 0) is 0 Å². The van der Waals surface area contributed by atoms with Gasteiger partial charge < -0.3 is 0 Å². The fourth-order valence-electron chi connectivity index (χ4n) is 1.41. The average Bonchev–Trinajstić information content (AvgIpc) is 2.22. The third-order valence-electron chi connectivity index (χ3n) is 2.25. The zero-order valence-electron chi connectivity index (χ0n) is 8.86. The molecule has 0 N–H and O–H groups in total. The van der Waals surface area contributed by atoms with Gasteiger partial charge in [0.2, 0.25) is 0 Å². The van der Waals surface area contributed by atoms with Gasteiger partial charge in [-0.3, -0.25) is 0 Å². The van der Waals surface area contributed by atoms with Crippen molar-refractivity contribution in [3.05, 3.63) is 48.6 Å². The minimum atomic E-state index is 1.19. The van der Waals surface area contributed by atoms with E-state index >= 15 is 0 Å². The first-order valence-electron chi connectivity index (χ1n) is 5.63. The Bertz CT molecular complexity index is 178. The molecule has 0 radical (unpaired) electrons. The van der Waals surface area contributed by atoms with Gasteiger partial charge in [0, 0.05) is 0 Å². The summed E-state index contributed by atoms with van der Waals surface area (Å²) < 4.78 is 0. The van der Waals surface area contributed by atoms with Gasteiger partial charge >= 0.3 is 0 Å². The number of allylic oxidation sites excluding steroid dienone is 8. The van der Waals surface area contributed by atoms with E-state index in [4.69, 9.17) is 0 Å². The van der Waals surface area contributed by atoms with Crippen LogP contribution in [0.3, 0.4) is 0 Å². The van der Waals surface area contributed by atoms with Crippen LogP contribution in [0.1, 0.15) is 38.5 Å². The van der Waals surface area contributed by atoms with E-state index in [1.54, 1.807) is 0 Å². The lowest BCUT2D eigenvalue weighted by molar-refractivity contribution is 0.861. The topological polar surface area (TPSA) is 0 Å². The second-order valence-electron chi connectivity index (χ2n) is 3.57. The first kappa shape index (κ1) is 11.0. The number of hydrogen-bond donors (Lipinski definition) is 0. The molecule has 14 heavy (non-hydrogen) atoms. The Morgan fingerprint density at radius 1 is 0.429 bits per heavy atom. The SMILES string of the molecule is C1=CCCC/C=C\C=C\CCC/C=C\1. The standard InChI is InChI=1S/C14H20/c1-2-4-6-8-10-12-14-13-11-9-7-5-3-1/h1-4,11-14H,5-10H2/b3-1-,4-2+,13-11?,14-12-. The molecule has 0 unspecified atom stereocenters. The van der Waals surface area contributed by atoms with E-state index in [0.29, 0.717) is 0 Å². The fraction of sp³-hybridized carbons (Fsp3) is 0.429. The highest BCUT2D eigenvalue weighted by atomic mass is 13.9. The van der Waals surface area contributed by atoms with Crippen molar-refractivity contribution in [3.8, 4) is 0 Å². The molecule has 0 amide bonds. The van der Waals surface area contributed by atoms with Gasteiger partial charge in [0.1, 0.15) is 0 Å². The lowest BCUT2D eigenvalue weighted by Gasteiger charge is -1.91. The van der Waals surface area contributed by atoms with Crippen molar-refractivity contribution < 1.29 is 0 Å². The molecule has 0 heteroatoms. The molecule has 1 aliphatic carbocycles. The van der Waals surface area contributed by atoms with Crippen LogP contribution in [-0.4, -0.2) is 0 Å². The molecule has 1 aliphatic rings. The lowest BCUT2D eigenvalue weighted by Crippen LogP contribution is -1.71. The zero-order chi connectivity index (χ0) is 9.90. The minimum Gasteiger partial charge on any atom is -0.0845 e. The first-order valence-corrected chi connectivity index (χ1v) is 5.63. The van der Waals surface area contributed by atoms with Crippen LogP contribution < -0.4 is 0 Å². The van der Waals surface area contributed by atoms with E-state index in [1.165, 1.54) is 38.5 Å². The highest BCUT2D eigenvalue weighted by molar-refractivity contribution is 5.05. The molecule has 0 spiro atoms. The van der Waals surface area contributed by atoms with E-state index in [0.717, 1.165) is 0 Å². The highest BCUT2D eigenvalue weighted by Crippen LogP contribution is 2.02. The maximum Gasteiger partial charge on any atom is -0.0345 e. The molecule has 0 aromatic heterocycles. The number of hydrogen-bond acceptors (Lipinski definition) is 0. The average molecular weight is 188 g/mol. The summed E-state index contributed by atoms with van der Waals surface area (Å²) in [5, 5.41) is 0. The minimum absolute atomic E-state index is 1.19. The molecular weight excluding hydrogens is 168 g/mol. The summed E-state index contributed by atoms with van der Waals surface area (Å²) in [5.74, 6) is 0. The molecular formula is C14H20. The zero-order valence-corrected chi connectivity index (χ0v) is 8.86. The third kappa shape index (κ3) is 6.47. The predicted molar refractivity (Wildman–Crippen MR) is 64.3 cm³/mol. The van der Waals surface area contributed by atoms with Crippen LogP contribution in [0, 0.1) is 0 Å². The second-order valence-corrected chi connectivity index (χ2v) is 3.57. The lowest BCUT2D eigenvalue weighted by atomic mass is 10.2. The predicted octanol–water partition coefficient (Wildman–Crippen LogP) is 4.57. The molecule has 0 aromatic rings. The van der Waals surface area contributed by atoms with Crippen molar-refractivity contribution in [3.63, 3.8) is 0 Å². The Morgan fingerprint density at radius 3 is 1.00 bits per heavy atom. The molecule has 0 bridgehead atoms. The summed E-state index contributed by atoms with van der Waals surface area (Å²) in [6.45, 7) is 0. The van der Waals surface area contributed by atoms with E-state index in [9.17, 15) is 0 Å². The van der Waals surface area contributed by atoms with Crippen LogP contribution in [0.4, 0.5) is 0 Å². The van der Waals surface area contributed by atoms with Crippen LogP contribution >= 0.6 is 0 Å². The first-order chi connectivity index (χ1) is 7.00. The van der Waals surface area contributed by atoms with Crippen LogP contribution in [0.2, 0.25) is 0 Å². The van der Waals surface area contributed by atoms with Crippen molar-refractivity contribution in [2.45, 2.75) is 38.5 Å². The Kier molecular flexibility index (Phi) is 6.74. The van der Waals surface area contributed by atoms with Crippen LogP contribution in [0.5, 0.6) is 0 Å². The van der Waals surface area contributed by atoms with Gasteiger partial charge in [-0.1, -0.05) is 48.6 Å². The Morgan fingerprint density at radius 2 is 0.714 bits per heavy atom. The normalized spacial score (nSPS) is 26.3. The summed E-state index contributed by atoms with van der Waals surface area (Å²) in [6.07, 6.45) is 25.0. The van der Waals surface area contributed by atoms with Gasteiger partial charge in [-0.05, 0) is 38.5 Å². The molecule has 0 saturated carbocycles. The highest BCUT2D eigenvalue weighted by Gasteiger charge is 1.82. The molecule has 0 saturated heterocycles. The van der Waals surface area contributed by atoms with E-state index < -0.39 is 0 Å². The van der Waals surface area contributed by atoms with Gasteiger partial charge in [0.05, 0.1) is 0 Å². The van der Waals surface area contributed by atoms with E-state index in [1.807, 2.05) is 0 Å². The van der Waals surface area contributed by atoms with Crippen LogP contribution in [0.25, 0.3) is 0 Å². The van der Waals surface area contributed by atoms with E-state index in [-0.39, 0.29) is 0 Å². The van der Waals surface area contributed by atoms with Gasteiger partial charge in [0.25, 0.3) is 0 Å². The van der Waals surface area contributed by atoms with Gasteiger partial charge in [-0.2, -0.15) is 0 Å². The maximum atomic E-state index is 2.26. The van der Waals surface area contributed by atoms with Crippen molar-refractivity contribution in [2.24, 2.45) is 0 Å². The molecule has 0 fully saturated rings. The molecule has 76 valence electrons. The molecule has 0 heterocycles. The van der Waals surface area contributed by atoms with Crippen molar-refractivity contribution in [1.29, 1.82) is 0 Å². The fourth-order valence-corrected chi connectivity index (χ4v) is 1.41. The maximum absolute atomic E-state index is 2.26. The molecule has 0 atom stereocenters. The third-order valence-corrected chi connectivity index (χ3v) is 2.25. The Balaban J connectivity index is 2.33. The van der Waals surface area contributed by atoms with Crippen molar-refractivity contribution in [1.82, 2.24) is 0 Å². The monoisotopic (exact) mass is 188 g/mol. The summed E-state index contributed by atoms with van der Waals surface area (Å²) in [7, 11) is 0. The molecule has 0 nitrogen and oxygen atoms in total.